The van der Waals surface area contributed by atoms with Gasteiger partial charge >= 0.3 is 5.69 Å². The normalized spacial score (nSPS) is 11.1. The Morgan fingerprint density at radius 3 is 2.38 bits per heavy atom. The molecule has 0 radical (unpaired) electrons. The van der Waals surface area contributed by atoms with Crippen molar-refractivity contribution in [3.63, 3.8) is 0 Å². The van der Waals surface area contributed by atoms with E-state index in [4.69, 9.17) is 0 Å². The van der Waals surface area contributed by atoms with Crippen molar-refractivity contribution in [3.8, 4) is 0 Å². The molecule has 0 saturated carbocycles. The quantitative estimate of drug-likeness (QED) is 0.696. The van der Waals surface area contributed by atoms with Gasteiger partial charge in [-0.3, -0.25) is 9.13 Å². The zero-order valence-corrected chi connectivity index (χ0v) is 8.66. The highest BCUT2D eigenvalue weighted by Gasteiger charge is 2.01. The van der Waals surface area contributed by atoms with Crippen LogP contribution in [-0.2, 0) is 13.1 Å². The molecular formula is C10H18N2O. The SMILES string of the molecule is CCn1ccn(CCC(C)C)c1=O. The van der Waals surface area contributed by atoms with Crippen molar-refractivity contribution >= 4 is 0 Å². The first-order chi connectivity index (χ1) is 6.15. The highest BCUT2D eigenvalue weighted by Crippen LogP contribution is 2.00. The first kappa shape index (κ1) is 10.1. The van der Waals surface area contributed by atoms with E-state index in [1.165, 1.54) is 0 Å². The van der Waals surface area contributed by atoms with Gasteiger partial charge in [-0.25, -0.2) is 4.79 Å². The van der Waals surface area contributed by atoms with Crippen molar-refractivity contribution in [3.05, 3.63) is 22.9 Å². The van der Waals surface area contributed by atoms with Crippen molar-refractivity contribution in [1.82, 2.24) is 9.13 Å². The molecule has 0 aliphatic rings. The molecule has 0 N–H and O–H groups in total. The van der Waals surface area contributed by atoms with Crippen LogP contribution in [0.3, 0.4) is 0 Å². The Hall–Kier alpha value is -0.990. The van der Waals surface area contributed by atoms with E-state index in [2.05, 4.69) is 13.8 Å². The summed E-state index contributed by atoms with van der Waals surface area (Å²) in [5, 5.41) is 0. The molecule has 0 unspecified atom stereocenters. The molecular weight excluding hydrogens is 164 g/mol. The highest BCUT2D eigenvalue weighted by atomic mass is 16.1. The largest absolute Gasteiger partial charge is 0.328 e. The third kappa shape index (κ3) is 2.47. The molecule has 0 atom stereocenters. The second kappa shape index (κ2) is 4.30. The van der Waals surface area contributed by atoms with Crippen LogP contribution in [0.15, 0.2) is 17.2 Å². The lowest BCUT2D eigenvalue weighted by molar-refractivity contribution is 0.502. The van der Waals surface area contributed by atoms with E-state index < -0.39 is 0 Å². The average Bonchev–Trinajstić information content (AvgIpc) is 2.43. The van der Waals surface area contributed by atoms with Crippen molar-refractivity contribution in [2.24, 2.45) is 5.92 Å². The van der Waals surface area contributed by atoms with Crippen LogP contribution in [0.2, 0.25) is 0 Å². The lowest BCUT2D eigenvalue weighted by Gasteiger charge is -2.03. The second-order valence-corrected chi connectivity index (χ2v) is 3.74. The average molecular weight is 182 g/mol. The summed E-state index contributed by atoms with van der Waals surface area (Å²) in [6.45, 7) is 7.91. The molecule has 3 heteroatoms. The summed E-state index contributed by atoms with van der Waals surface area (Å²) >= 11 is 0. The van der Waals surface area contributed by atoms with Crippen molar-refractivity contribution in [2.45, 2.75) is 40.3 Å². The zero-order chi connectivity index (χ0) is 9.84. The molecule has 13 heavy (non-hydrogen) atoms. The van der Waals surface area contributed by atoms with Gasteiger partial charge in [-0.05, 0) is 19.3 Å². The lowest BCUT2D eigenvalue weighted by Crippen LogP contribution is -2.23. The molecule has 1 aromatic heterocycles. The van der Waals surface area contributed by atoms with E-state index >= 15 is 0 Å². The number of hydrogen-bond donors (Lipinski definition) is 0. The molecule has 0 aliphatic heterocycles. The second-order valence-electron chi connectivity index (χ2n) is 3.74. The summed E-state index contributed by atoms with van der Waals surface area (Å²) < 4.78 is 3.50. The van der Waals surface area contributed by atoms with Gasteiger partial charge in [-0.1, -0.05) is 13.8 Å². The number of hydrogen-bond acceptors (Lipinski definition) is 1. The third-order valence-corrected chi connectivity index (χ3v) is 2.21. The highest BCUT2D eigenvalue weighted by molar-refractivity contribution is 4.80. The Morgan fingerprint density at radius 1 is 1.31 bits per heavy atom. The van der Waals surface area contributed by atoms with Crippen LogP contribution >= 0.6 is 0 Å². The van der Waals surface area contributed by atoms with E-state index in [0.717, 1.165) is 19.5 Å². The minimum atomic E-state index is 0.114. The lowest BCUT2D eigenvalue weighted by atomic mass is 10.1. The topological polar surface area (TPSA) is 26.9 Å². The van der Waals surface area contributed by atoms with Crippen LogP contribution in [0.5, 0.6) is 0 Å². The van der Waals surface area contributed by atoms with E-state index in [1.807, 2.05) is 19.3 Å². The van der Waals surface area contributed by atoms with Crippen molar-refractivity contribution in [2.75, 3.05) is 0 Å². The van der Waals surface area contributed by atoms with Gasteiger partial charge < -0.3 is 0 Å². The summed E-state index contributed by atoms with van der Waals surface area (Å²) in [5.41, 5.74) is 0.114. The Balaban J connectivity index is 2.68. The Bertz CT molecular complexity index is 309. The molecule has 0 spiro atoms. The fourth-order valence-corrected chi connectivity index (χ4v) is 1.26. The molecule has 3 nitrogen and oxygen atoms in total. The third-order valence-electron chi connectivity index (χ3n) is 2.21. The maximum atomic E-state index is 11.5. The summed E-state index contributed by atoms with van der Waals surface area (Å²) in [5.74, 6) is 0.650. The monoisotopic (exact) mass is 182 g/mol. The van der Waals surface area contributed by atoms with Gasteiger partial charge in [0.2, 0.25) is 0 Å². The predicted octanol–water partition coefficient (Wildman–Crippen LogP) is 1.72. The summed E-state index contributed by atoms with van der Waals surface area (Å²) in [4.78, 5) is 11.5. The number of imidazole rings is 1. The maximum absolute atomic E-state index is 11.5. The maximum Gasteiger partial charge on any atom is 0.328 e. The predicted molar refractivity (Wildman–Crippen MR) is 53.8 cm³/mol. The van der Waals surface area contributed by atoms with Crippen LogP contribution < -0.4 is 5.69 Å². The van der Waals surface area contributed by atoms with Crippen molar-refractivity contribution < 1.29 is 0 Å². The van der Waals surface area contributed by atoms with Gasteiger partial charge in [0.25, 0.3) is 0 Å². The molecule has 1 aromatic rings. The summed E-state index contributed by atoms with van der Waals surface area (Å²) in [6, 6.07) is 0. The molecule has 0 saturated heterocycles. The van der Waals surface area contributed by atoms with Gasteiger partial charge in [-0.15, -0.1) is 0 Å². The number of rotatable bonds is 4. The smallest absolute Gasteiger partial charge is 0.300 e. The van der Waals surface area contributed by atoms with Crippen LogP contribution in [0, 0.1) is 5.92 Å². The standard InChI is InChI=1S/C10H18N2O/c1-4-11-7-8-12(10(11)13)6-5-9(2)3/h7-9H,4-6H2,1-3H3. The minimum Gasteiger partial charge on any atom is -0.300 e. The number of aromatic nitrogens is 2. The molecule has 1 heterocycles. The molecule has 0 fully saturated rings. The van der Waals surface area contributed by atoms with E-state index in [0.29, 0.717) is 5.92 Å². The molecule has 0 bridgehead atoms. The molecule has 1 rings (SSSR count). The van der Waals surface area contributed by atoms with Crippen LogP contribution in [0.1, 0.15) is 27.2 Å². The zero-order valence-electron chi connectivity index (χ0n) is 8.66. The van der Waals surface area contributed by atoms with Crippen molar-refractivity contribution in [1.29, 1.82) is 0 Å². The molecule has 0 aliphatic carbocycles. The van der Waals surface area contributed by atoms with Gasteiger partial charge in [-0.2, -0.15) is 0 Å². The molecule has 0 amide bonds. The van der Waals surface area contributed by atoms with Gasteiger partial charge in [0.15, 0.2) is 0 Å². The van der Waals surface area contributed by atoms with Crippen LogP contribution in [0.25, 0.3) is 0 Å². The molecule has 74 valence electrons. The van der Waals surface area contributed by atoms with Gasteiger partial charge in [0, 0.05) is 25.5 Å². The number of aryl methyl sites for hydroxylation is 2. The number of nitrogens with zero attached hydrogens (tertiary/aromatic N) is 2. The minimum absolute atomic E-state index is 0.114. The van der Waals surface area contributed by atoms with Crippen LogP contribution in [-0.4, -0.2) is 9.13 Å². The Kier molecular flexibility index (Phi) is 3.34. The summed E-state index contributed by atoms with van der Waals surface area (Å²) in [6.07, 6.45) is 4.78. The van der Waals surface area contributed by atoms with E-state index in [1.54, 1.807) is 9.13 Å². The molecule has 0 aromatic carbocycles. The summed E-state index contributed by atoms with van der Waals surface area (Å²) in [7, 11) is 0. The first-order valence-electron chi connectivity index (χ1n) is 4.90. The van der Waals surface area contributed by atoms with Gasteiger partial charge in [0.1, 0.15) is 0 Å². The first-order valence-corrected chi connectivity index (χ1v) is 4.90. The Morgan fingerprint density at radius 2 is 1.92 bits per heavy atom. The van der Waals surface area contributed by atoms with Gasteiger partial charge in [0.05, 0.1) is 0 Å². The Labute approximate surface area is 79.0 Å². The van der Waals surface area contributed by atoms with Crippen LogP contribution in [0.4, 0.5) is 0 Å². The fourth-order valence-electron chi connectivity index (χ4n) is 1.26. The van der Waals surface area contributed by atoms with E-state index in [9.17, 15) is 4.79 Å². The van der Waals surface area contributed by atoms with E-state index in [-0.39, 0.29) is 5.69 Å². The fraction of sp³-hybridized carbons (Fsp3) is 0.700.